The molecule has 0 aliphatic heterocycles. The van der Waals surface area contributed by atoms with Crippen molar-refractivity contribution in [3.8, 4) is 5.75 Å². The Bertz CT molecular complexity index is 1030. The average Bonchev–Trinajstić information content (AvgIpc) is 2.79. The maximum atomic E-state index is 11.9. The van der Waals surface area contributed by atoms with Crippen molar-refractivity contribution < 1.29 is 14.3 Å². The van der Waals surface area contributed by atoms with Crippen LogP contribution >= 0.6 is 12.2 Å². The minimum absolute atomic E-state index is 0.184. The van der Waals surface area contributed by atoms with Gasteiger partial charge in [-0.2, -0.15) is 0 Å². The molecule has 0 aromatic heterocycles. The van der Waals surface area contributed by atoms with Crippen LogP contribution in [0, 0.1) is 0 Å². The van der Waals surface area contributed by atoms with Crippen molar-refractivity contribution in [3.63, 3.8) is 0 Å². The first-order valence-corrected chi connectivity index (χ1v) is 9.76. The minimum atomic E-state index is -0.432. The molecule has 0 spiro atoms. The second kappa shape index (κ2) is 10.8. The van der Waals surface area contributed by atoms with Crippen LogP contribution in [0.15, 0.2) is 72.8 Å². The fourth-order valence-corrected chi connectivity index (χ4v) is 2.75. The lowest BCUT2D eigenvalue weighted by Crippen LogP contribution is -2.49. The maximum absolute atomic E-state index is 11.9. The van der Waals surface area contributed by atoms with E-state index in [0.29, 0.717) is 12.3 Å². The molecule has 8 heteroatoms. The Balaban J connectivity index is 1.31. The fourth-order valence-electron chi connectivity index (χ4n) is 2.63. The molecule has 0 fully saturated rings. The van der Waals surface area contributed by atoms with Crippen molar-refractivity contribution in [3.05, 3.63) is 78.4 Å². The number of fused-ring (bicyclic) bond motifs is 1. The lowest BCUT2D eigenvalue weighted by Gasteiger charge is -2.12. The van der Waals surface area contributed by atoms with Crippen molar-refractivity contribution in [1.82, 2.24) is 21.5 Å². The quantitative estimate of drug-likeness (QED) is 0.344. The third-order valence-corrected chi connectivity index (χ3v) is 4.39. The summed E-state index contributed by atoms with van der Waals surface area (Å²) in [7, 11) is 0. The van der Waals surface area contributed by atoms with E-state index < -0.39 is 11.8 Å². The lowest BCUT2D eigenvalue weighted by atomic mass is 10.1. The minimum Gasteiger partial charge on any atom is -0.484 e. The number of benzene rings is 3. The number of carbonyl (C=O) groups excluding carboxylic acids is 2. The Hall–Kier alpha value is -3.65. The van der Waals surface area contributed by atoms with Gasteiger partial charge in [-0.05, 0) is 40.7 Å². The zero-order valence-corrected chi connectivity index (χ0v) is 17.0. The van der Waals surface area contributed by atoms with Gasteiger partial charge >= 0.3 is 0 Å². The van der Waals surface area contributed by atoms with Crippen molar-refractivity contribution in [2.24, 2.45) is 0 Å². The van der Waals surface area contributed by atoms with Gasteiger partial charge in [-0.25, -0.2) is 0 Å². The normalized spacial score (nSPS) is 10.1. The molecule has 154 valence electrons. The Morgan fingerprint density at radius 2 is 1.53 bits per heavy atom. The number of hydrogen-bond donors (Lipinski definition) is 4. The molecule has 0 saturated carbocycles. The summed E-state index contributed by atoms with van der Waals surface area (Å²) < 4.78 is 5.49. The highest BCUT2D eigenvalue weighted by Gasteiger charge is 2.07. The van der Waals surface area contributed by atoms with Gasteiger partial charge in [-0.1, -0.05) is 60.7 Å². The van der Waals surface area contributed by atoms with Crippen molar-refractivity contribution >= 4 is 39.9 Å². The van der Waals surface area contributed by atoms with Gasteiger partial charge in [-0.15, -0.1) is 0 Å². The molecule has 0 aliphatic carbocycles. The van der Waals surface area contributed by atoms with E-state index in [4.69, 9.17) is 17.0 Å². The van der Waals surface area contributed by atoms with Gasteiger partial charge in [0.25, 0.3) is 11.8 Å². The van der Waals surface area contributed by atoms with Gasteiger partial charge in [0.2, 0.25) is 0 Å². The molecule has 0 aliphatic rings. The first-order valence-electron chi connectivity index (χ1n) is 9.35. The van der Waals surface area contributed by atoms with E-state index in [1.165, 1.54) is 0 Å². The Morgan fingerprint density at radius 1 is 0.800 bits per heavy atom. The second-order valence-electron chi connectivity index (χ2n) is 6.42. The Kier molecular flexibility index (Phi) is 7.57. The van der Waals surface area contributed by atoms with Gasteiger partial charge in [0.1, 0.15) is 5.75 Å². The summed E-state index contributed by atoms with van der Waals surface area (Å²) in [4.78, 5) is 23.7. The summed E-state index contributed by atoms with van der Waals surface area (Å²) in [5, 5.41) is 7.85. The summed E-state index contributed by atoms with van der Waals surface area (Å²) in [6.45, 7) is 0.149. The van der Waals surface area contributed by atoms with E-state index >= 15 is 0 Å². The van der Waals surface area contributed by atoms with Crippen molar-refractivity contribution in [2.75, 3.05) is 13.2 Å². The number of rotatable bonds is 7. The van der Waals surface area contributed by atoms with Crippen LogP contribution in [0.1, 0.15) is 5.56 Å². The monoisotopic (exact) mass is 422 g/mol. The molecule has 3 rings (SSSR count). The Labute approximate surface area is 179 Å². The molecule has 0 unspecified atom stereocenters. The van der Waals surface area contributed by atoms with E-state index in [2.05, 4.69) is 21.5 Å². The van der Waals surface area contributed by atoms with Gasteiger partial charge < -0.3 is 15.4 Å². The third kappa shape index (κ3) is 6.75. The van der Waals surface area contributed by atoms with Gasteiger partial charge in [-0.3, -0.25) is 20.4 Å². The largest absolute Gasteiger partial charge is 0.484 e. The molecule has 0 saturated heterocycles. The topological polar surface area (TPSA) is 91.5 Å². The lowest BCUT2D eigenvalue weighted by molar-refractivity contribution is -0.127. The Morgan fingerprint density at radius 3 is 2.33 bits per heavy atom. The summed E-state index contributed by atoms with van der Waals surface area (Å²) in [5.74, 6) is -0.245. The summed E-state index contributed by atoms with van der Waals surface area (Å²) in [5.41, 5.74) is 6.07. The van der Waals surface area contributed by atoms with Crippen molar-refractivity contribution in [2.45, 2.75) is 6.54 Å². The molecule has 0 atom stereocenters. The molecular weight excluding hydrogens is 400 g/mol. The number of amides is 2. The van der Waals surface area contributed by atoms with Crippen molar-refractivity contribution in [1.29, 1.82) is 0 Å². The zero-order chi connectivity index (χ0) is 21.2. The van der Waals surface area contributed by atoms with Gasteiger partial charge in [0.15, 0.2) is 11.7 Å². The van der Waals surface area contributed by atoms with E-state index in [1.54, 1.807) is 6.07 Å². The summed E-state index contributed by atoms with van der Waals surface area (Å²) in [6, 6.07) is 23.2. The highest BCUT2D eigenvalue weighted by Crippen LogP contribution is 2.20. The highest BCUT2D eigenvalue weighted by molar-refractivity contribution is 7.80. The van der Waals surface area contributed by atoms with E-state index in [1.807, 2.05) is 66.7 Å². The number of nitrogens with one attached hydrogen (secondary N) is 4. The van der Waals surface area contributed by atoms with Crippen LogP contribution in [-0.4, -0.2) is 30.1 Å². The predicted octanol–water partition coefficient (Wildman–Crippen LogP) is 2.03. The van der Waals surface area contributed by atoms with Crippen LogP contribution in [0.5, 0.6) is 5.75 Å². The molecule has 0 radical (unpaired) electrons. The SMILES string of the molecule is O=C(COc1ccc2ccccc2c1)NCC(=O)NNC(=S)NCc1ccccc1. The number of hydrogen-bond acceptors (Lipinski definition) is 4. The maximum Gasteiger partial charge on any atom is 0.258 e. The molecule has 2 amide bonds. The number of carbonyl (C=O) groups is 2. The van der Waals surface area contributed by atoms with Gasteiger partial charge in [0.05, 0.1) is 6.54 Å². The first kappa shape index (κ1) is 21.1. The van der Waals surface area contributed by atoms with Crippen LogP contribution in [-0.2, 0) is 16.1 Å². The standard InChI is InChI=1S/C22H22N4O3S/c27-20(25-26-22(30)24-13-16-6-2-1-3-7-16)14-23-21(28)15-29-19-11-10-17-8-4-5-9-18(17)12-19/h1-12H,13-15H2,(H,23,28)(H,25,27)(H2,24,26,30). The second-order valence-corrected chi connectivity index (χ2v) is 6.82. The van der Waals surface area contributed by atoms with Gasteiger partial charge in [0, 0.05) is 6.54 Å². The first-order chi connectivity index (χ1) is 14.6. The molecule has 3 aromatic rings. The predicted molar refractivity (Wildman–Crippen MR) is 120 cm³/mol. The highest BCUT2D eigenvalue weighted by atomic mass is 32.1. The van der Waals surface area contributed by atoms with E-state index in [-0.39, 0.29) is 18.3 Å². The summed E-state index contributed by atoms with van der Waals surface area (Å²) >= 11 is 5.09. The number of thiocarbonyl (C=S) groups is 1. The van der Waals surface area contributed by atoms with Crippen LogP contribution in [0.3, 0.4) is 0 Å². The third-order valence-electron chi connectivity index (χ3n) is 4.15. The molecule has 30 heavy (non-hydrogen) atoms. The smallest absolute Gasteiger partial charge is 0.258 e. The summed E-state index contributed by atoms with van der Waals surface area (Å²) in [6.07, 6.45) is 0. The molecule has 0 bridgehead atoms. The molecule has 4 N–H and O–H groups in total. The average molecular weight is 423 g/mol. The molecule has 7 nitrogen and oxygen atoms in total. The fraction of sp³-hybridized carbons (Fsp3) is 0.136. The molecule has 3 aromatic carbocycles. The van der Waals surface area contributed by atoms with E-state index in [0.717, 1.165) is 16.3 Å². The zero-order valence-electron chi connectivity index (χ0n) is 16.2. The van der Waals surface area contributed by atoms with Crippen LogP contribution in [0.2, 0.25) is 0 Å². The number of ether oxygens (including phenoxy) is 1. The van der Waals surface area contributed by atoms with Crippen LogP contribution in [0.25, 0.3) is 10.8 Å². The molecular formula is C22H22N4O3S. The number of hydrazine groups is 1. The van der Waals surface area contributed by atoms with E-state index in [9.17, 15) is 9.59 Å². The van der Waals surface area contributed by atoms with Crippen LogP contribution < -0.4 is 26.2 Å². The van der Waals surface area contributed by atoms with Crippen LogP contribution in [0.4, 0.5) is 0 Å². The molecule has 0 heterocycles.